The van der Waals surface area contributed by atoms with Gasteiger partial charge in [0.1, 0.15) is 6.61 Å². The molecule has 3 N–H and O–H groups in total. The van der Waals surface area contributed by atoms with E-state index in [1.165, 1.54) is 10.5 Å². The summed E-state index contributed by atoms with van der Waals surface area (Å²) < 4.78 is 5.14. The summed E-state index contributed by atoms with van der Waals surface area (Å²) in [7, 11) is 0. The lowest BCUT2D eigenvalue weighted by molar-refractivity contribution is -0.127. The lowest BCUT2D eigenvalue weighted by Crippen LogP contribution is -2.40. The molecule has 1 aliphatic carbocycles. The van der Waals surface area contributed by atoms with Crippen molar-refractivity contribution >= 4 is 17.9 Å². The quantitative estimate of drug-likeness (QED) is 0.540. The van der Waals surface area contributed by atoms with E-state index in [0.29, 0.717) is 5.92 Å². The van der Waals surface area contributed by atoms with Gasteiger partial charge in [-0.3, -0.25) is 9.59 Å². The van der Waals surface area contributed by atoms with Crippen LogP contribution >= 0.6 is 0 Å². The first kappa shape index (κ1) is 24.3. The molecule has 1 fully saturated rings. The molecule has 8 nitrogen and oxygen atoms in total. The van der Waals surface area contributed by atoms with Crippen molar-refractivity contribution in [1.29, 1.82) is 0 Å². The van der Waals surface area contributed by atoms with Crippen LogP contribution in [0.1, 0.15) is 42.7 Å². The second kappa shape index (κ2) is 11.6. The summed E-state index contributed by atoms with van der Waals surface area (Å²) in [4.78, 5) is 38.4. The van der Waals surface area contributed by atoms with E-state index in [1.807, 2.05) is 48.5 Å². The van der Waals surface area contributed by atoms with E-state index in [9.17, 15) is 19.5 Å². The summed E-state index contributed by atoms with van der Waals surface area (Å²) in [6, 6.07) is 19.7. The Hall–Kier alpha value is -3.81. The van der Waals surface area contributed by atoms with E-state index >= 15 is 0 Å². The predicted molar refractivity (Wildman–Crippen MR) is 130 cm³/mol. The summed E-state index contributed by atoms with van der Waals surface area (Å²) in [5.41, 5.74) is 2.27. The van der Waals surface area contributed by atoms with Crippen LogP contribution in [-0.2, 0) is 20.9 Å². The number of benzene rings is 2. The number of amides is 3. The fourth-order valence-electron chi connectivity index (χ4n) is 4.61. The molecule has 0 bridgehead atoms. The van der Waals surface area contributed by atoms with E-state index < -0.39 is 23.7 Å². The average molecular weight is 478 g/mol. The van der Waals surface area contributed by atoms with Gasteiger partial charge in [0.05, 0.1) is 12.1 Å². The minimum Gasteiger partial charge on any atom is -0.503 e. The van der Waals surface area contributed by atoms with Gasteiger partial charge >= 0.3 is 6.09 Å². The highest BCUT2D eigenvalue weighted by molar-refractivity contribution is 6.07. The Bertz CT molecular complexity index is 1060. The standard InChI is InChI=1S/C27H31N3O5/c31-24-23(25(32)29-22-13-11-21(12-14-22)20-9-5-2-6-10-20)17-30(26(24)33)16-15-28-27(34)35-18-19-7-3-1-4-8-19/h1-10,21-22,31H,11-18H2,(H,28,34)(H,29,32)/t21-,22+. The molecule has 184 valence electrons. The van der Waals surface area contributed by atoms with Crippen LogP contribution in [0.5, 0.6) is 0 Å². The van der Waals surface area contributed by atoms with Crippen molar-refractivity contribution in [3.8, 4) is 0 Å². The Kier molecular flexibility index (Phi) is 8.03. The van der Waals surface area contributed by atoms with E-state index in [2.05, 4.69) is 22.8 Å². The van der Waals surface area contributed by atoms with Gasteiger partial charge in [0.2, 0.25) is 0 Å². The van der Waals surface area contributed by atoms with Crippen molar-refractivity contribution in [3.63, 3.8) is 0 Å². The van der Waals surface area contributed by atoms with Gasteiger partial charge in [-0.15, -0.1) is 0 Å². The first-order chi connectivity index (χ1) is 17.0. The zero-order chi connectivity index (χ0) is 24.6. The van der Waals surface area contributed by atoms with Crippen molar-refractivity contribution < 1.29 is 24.2 Å². The maximum absolute atomic E-state index is 12.8. The zero-order valence-corrected chi connectivity index (χ0v) is 19.6. The number of aliphatic hydroxyl groups excluding tert-OH is 1. The number of ether oxygens (including phenoxy) is 1. The highest BCUT2D eigenvalue weighted by Crippen LogP contribution is 2.33. The molecule has 2 aromatic carbocycles. The lowest BCUT2D eigenvalue weighted by atomic mass is 9.82. The molecule has 3 amide bonds. The summed E-state index contributed by atoms with van der Waals surface area (Å²) >= 11 is 0. The number of nitrogens with zero attached hydrogens (tertiary/aromatic N) is 1. The lowest BCUT2D eigenvalue weighted by Gasteiger charge is -2.29. The Morgan fingerprint density at radius 3 is 2.31 bits per heavy atom. The molecule has 2 aliphatic rings. The number of alkyl carbamates (subject to hydrolysis) is 1. The van der Waals surface area contributed by atoms with Gasteiger partial charge in [0.15, 0.2) is 5.76 Å². The molecule has 4 rings (SSSR count). The van der Waals surface area contributed by atoms with Crippen LogP contribution in [0, 0.1) is 0 Å². The summed E-state index contributed by atoms with van der Waals surface area (Å²) in [5, 5.41) is 15.8. The topological polar surface area (TPSA) is 108 Å². The first-order valence-corrected chi connectivity index (χ1v) is 12.0. The highest BCUT2D eigenvalue weighted by atomic mass is 16.5. The Morgan fingerprint density at radius 2 is 1.63 bits per heavy atom. The number of rotatable bonds is 8. The van der Waals surface area contributed by atoms with Crippen LogP contribution in [0.3, 0.4) is 0 Å². The third-order valence-electron chi connectivity index (χ3n) is 6.60. The highest BCUT2D eigenvalue weighted by Gasteiger charge is 2.35. The van der Waals surface area contributed by atoms with Crippen LogP contribution in [0.15, 0.2) is 72.0 Å². The number of nitrogens with one attached hydrogen (secondary N) is 2. The molecular formula is C27H31N3O5. The second-order valence-corrected chi connectivity index (χ2v) is 8.98. The molecule has 1 aliphatic heterocycles. The summed E-state index contributed by atoms with van der Waals surface area (Å²) in [6.07, 6.45) is 3.08. The van der Waals surface area contributed by atoms with Crippen LogP contribution in [0.4, 0.5) is 4.79 Å². The number of carbonyl (C=O) groups excluding carboxylic acids is 3. The van der Waals surface area contributed by atoms with Gasteiger partial charge in [-0.1, -0.05) is 60.7 Å². The monoisotopic (exact) mass is 477 g/mol. The van der Waals surface area contributed by atoms with Crippen molar-refractivity contribution in [2.45, 2.75) is 44.2 Å². The van der Waals surface area contributed by atoms with E-state index in [0.717, 1.165) is 31.2 Å². The Balaban J connectivity index is 1.18. The van der Waals surface area contributed by atoms with Crippen LogP contribution in [0.2, 0.25) is 0 Å². The molecular weight excluding hydrogens is 446 g/mol. The Labute approximate surface area is 205 Å². The molecule has 0 spiro atoms. The molecule has 0 unspecified atom stereocenters. The second-order valence-electron chi connectivity index (χ2n) is 8.98. The van der Waals surface area contributed by atoms with E-state index in [1.54, 1.807) is 0 Å². The van der Waals surface area contributed by atoms with Crippen molar-refractivity contribution in [1.82, 2.24) is 15.5 Å². The van der Waals surface area contributed by atoms with Gasteiger partial charge < -0.3 is 25.4 Å². The SMILES string of the molecule is O=C(NCCN1CC(C(=O)N[C@H]2CC[C@@H](c3ccccc3)CC2)=C(O)C1=O)OCc1ccccc1. The van der Waals surface area contributed by atoms with Crippen LogP contribution < -0.4 is 10.6 Å². The van der Waals surface area contributed by atoms with Gasteiger partial charge in [0.25, 0.3) is 11.8 Å². The number of aliphatic hydroxyl groups is 1. The fraction of sp³-hybridized carbons (Fsp3) is 0.370. The normalized spacial score (nSPS) is 20.0. The van der Waals surface area contributed by atoms with Crippen molar-refractivity contribution in [3.05, 3.63) is 83.1 Å². The fourth-order valence-corrected chi connectivity index (χ4v) is 4.61. The maximum atomic E-state index is 12.8. The third kappa shape index (κ3) is 6.41. The molecule has 2 aromatic rings. The minimum absolute atomic E-state index is 0.0105. The smallest absolute Gasteiger partial charge is 0.407 e. The molecule has 0 atom stereocenters. The minimum atomic E-state index is -0.609. The average Bonchev–Trinajstić information content (AvgIpc) is 3.18. The number of hydrogen-bond donors (Lipinski definition) is 3. The van der Waals surface area contributed by atoms with Crippen LogP contribution in [-0.4, -0.2) is 53.6 Å². The number of carbonyl (C=O) groups is 3. The largest absolute Gasteiger partial charge is 0.503 e. The molecule has 0 radical (unpaired) electrons. The molecule has 8 heteroatoms. The number of hydrogen-bond acceptors (Lipinski definition) is 5. The summed E-state index contributed by atoms with van der Waals surface area (Å²) in [5.74, 6) is -1.04. The van der Waals surface area contributed by atoms with Gasteiger partial charge in [-0.2, -0.15) is 0 Å². The van der Waals surface area contributed by atoms with Crippen LogP contribution in [0.25, 0.3) is 0 Å². The van der Waals surface area contributed by atoms with Crippen molar-refractivity contribution in [2.24, 2.45) is 0 Å². The first-order valence-electron chi connectivity index (χ1n) is 12.0. The molecule has 1 heterocycles. The predicted octanol–water partition coefficient (Wildman–Crippen LogP) is 3.41. The van der Waals surface area contributed by atoms with E-state index in [-0.39, 0.29) is 37.9 Å². The van der Waals surface area contributed by atoms with Gasteiger partial charge in [0, 0.05) is 19.1 Å². The molecule has 0 saturated heterocycles. The molecule has 0 aromatic heterocycles. The maximum Gasteiger partial charge on any atom is 0.407 e. The molecule has 1 saturated carbocycles. The zero-order valence-electron chi connectivity index (χ0n) is 19.6. The van der Waals surface area contributed by atoms with Gasteiger partial charge in [-0.25, -0.2) is 4.79 Å². The van der Waals surface area contributed by atoms with Gasteiger partial charge in [-0.05, 0) is 42.7 Å². The Morgan fingerprint density at radius 1 is 0.971 bits per heavy atom. The van der Waals surface area contributed by atoms with E-state index in [4.69, 9.17) is 4.74 Å². The third-order valence-corrected chi connectivity index (χ3v) is 6.60. The molecule has 35 heavy (non-hydrogen) atoms. The van der Waals surface area contributed by atoms with Crippen molar-refractivity contribution in [2.75, 3.05) is 19.6 Å². The summed E-state index contributed by atoms with van der Waals surface area (Å²) in [6.45, 7) is 0.458.